The normalized spacial score (nSPS) is 21.3. The molecule has 132 valence electrons. The molecule has 0 spiro atoms. The third-order valence-corrected chi connectivity index (χ3v) is 4.84. The van der Waals surface area contributed by atoms with Crippen LogP contribution in [0.1, 0.15) is 111 Å². The highest BCUT2D eigenvalue weighted by atomic mass is 16.6. The number of hydrogen-bond donors (Lipinski definition) is 1. The van der Waals surface area contributed by atoms with Gasteiger partial charge in [-0.15, -0.1) is 0 Å². The lowest BCUT2D eigenvalue weighted by molar-refractivity contribution is 0.347. The topological polar surface area (TPSA) is 38.5 Å². The predicted octanol–water partition coefficient (Wildman–Crippen LogP) is 5.97. The van der Waals surface area contributed by atoms with Crippen molar-refractivity contribution < 1.29 is 4.74 Å². The summed E-state index contributed by atoms with van der Waals surface area (Å²) in [5.74, 6) is 0. The van der Waals surface area contributed by atoms with Crippen LogP contribution in [0.4, 0.5) is 0 Å². The summed E-state index contributed by atoms with van der Waals surface area (Å²) < 4.78 is 5.80. The van der Waals surface area contributed by atoms with Crippen molar-refractivity contribution in [2.24, 2.45) is 5.73 Å². The fourth-order valence-corrected chi connectivity index (χ4v) is 3.27. The molecule has 2 nitrogen and oxygen atoms in total. The zero-order valence-corrected chi connectivity index (χ0v) is 15.5. The zero-order chi connectivity index (χ0) is 16.3. The predicted molar refractivity (Wildman–Crippen MR) is 97.2 cm³/mol. The van der Waals surface area contributed by atoms with E-state index in [1.54, 1.807) is 0 Å². The van der Waals surface area contributed by atoms with Crippen LogP contribution in [0.25, 0.3) is 0 Å². The Hall–Kier alpha value is -0.0800. The smallest absolute Gasteiger partial charge is 0.0841 e. The Morgan fingerprint density at radius 3 is 1.68 bits per heavy atom. The van der Waals surface area contributed by atoms with E-state index in [0.717, 1.165) is 6.42 Å². The fourth-order valence-electron chi connectivity index (χ4n) is 3.27. The minimum atomic E-state index is 0.0195. The van der Waals surface area contributed by atoms with Crippen LogP contribution >= 0.6 is 0 Å². The minimum Gasteiger partial charge on any atom is -0.370 e. The number of hydrogen-bond acceptors (Lipinski definition) is 2. The Morgan fingerprint density at radius 2 is 1.18 bits per heavy atom. The zero-order valence-electron chi connectivity index (χ0n) is 15.5. The molecule has 0 amide bonds. The van der Waals surface area contributed by atoms with E-state index >= 15 is 0 Å². The Kier molecular flexibility index (Phi) is 10.4. The van der Waals surface area contributed by atoms with E-state index in [1.807, 2.05) is 0 Å². The van der Waals surface area contributed by atoms with Crippen molar-refractivity contribution in [1.82, 2.24) is 0 Å². The molecule has 2 heteroatoms. The van der Waals surface area contributed by atoms with Crippen LogP contribution < -0.4 is 5.73 Å². The first-order valence-corrected chi connectivity index (χ1v) is 9.97. The van der Waals surface area contributed by atoms with E-state index in [9.17, 15) is 0 Å². The van der Waals surface area contributed by atoms with E-state index in [2.05, 4.69) is 20.8 Å². The van der Waals surface area contributed by atoms with Gasteiger partial charge in [-0.1, -0.05) is 77.6 Å². The molecule has 0 aliphatic carbocycles. The minimum absolute atomic E-state index is 0.0195. The first-order valence-electron chi connectivity index (χ1n) is 9.97. The second-order valence-corrected chi connectivity index (χ2v) is 8.06. The van der Waals surface area contributed by atoms with Gasteiger partial charge < -0.3 is 10.5 Å². The molecule has 0 aromatic rings. The molecule has 1 rings (SSSR count). The molecule has 1 fully saturated rings. The number of nitrogens with two attached hydrogens (primary N) is 1. The molecule has 0 aromatic heterocycles. The molecule has 2 unspecified atom stereocenters. The molecule has 0 aromatic carbocycles. The van der Waals surface area contributed by atoms with Gasteiger partial charge in [0.15, 0.2) is 0 Å². The summed E-state index contributed by atoms with van der Waals surface area (Å²) in [4.78, 5) is 0. The molecule has 2 atom stereocenters. The summed E-state index contributed by atoms with van der Waals surface area (Å²) in [5, 5.41) is 0. The van der Waals surface area contributed by atoms with Gasteiger partial charge in [-0.25, -0.2) is 0 Å². The highest BCUT2D eigenvalue weighted by molar-refractivity contribution is 4.84. The highest BCUT2D eigenvalue weighted by Gasteiger charge is 2.36. The van der Waals surface area contributed by atoms with Crippen LogP contribution in [0.2, 0.25) is 0 Å². The van der Waals surface area contributed by atoms with Crippen molar-refractivity contribution in [2.45, 2.75) is 128 Å². The van der Waals surface area contributed by atoms with Crippen molar-refractivity contribution in [3.05, 3.63) is 0 Å². The summed E-state index contributed by atoms with van der Waals surface area (Å²) in [7, 11) is 0. The standard InChI is InChI=1S/C20H41NO/c1-4-5-6-7-9-12-15-18-19(22-18)16-13-10-8-11-14-17-20(2,3)21/h18-19H,4-17,21H2,1-3H3. The van der Waals surface area contributed by atoms with E-state index in [0.29, 0.717) is 12.2 Å². The Labute approximate surface area is 139 Å². The van der Waals surface area contributed by atoms with Crippen LogP contribution in [0.15, 0.2) is 0 Å². The van der Waals surface area contributed by atoms with Gasteiger partial charge >= 0.3 is 0 Å². The largest absolute Gasteiger partial charge is 0.370 e. The van der Waals surface area contributed by atoms with E-state index in [4.69, 9.17) is 10.5 Å². The maximum Gasteiger partial charge on any atom is 0.0841 e. The SMILES string of the molecule is CCCCCCCCC1OC1CCCCCCCC(C)(C)N. The van der Waals surface area contributed by atoms with Crippen LogP contribution in [-0.4, -0.2) is 17.7 Å². The Balaban J connectivity index is 1.78. The summed E-state index contributed by atoms with van der Waals surface area (Å²) in [5.41, 5.74) is 6.02. The molecule has 22 heavy (non-hydrogen) atoms. The maximum atomic E-state index is 6.00. The molecule has 1 saturated heterocycles. The van der Waals surface area contributed by atoms with Gasteiger partial charge in [0.25, 0.3) is 0 Å². The average Bonchev–Trinajstić information content (AvgIpc) is 3.19. The number of ether oxygens (including phenoxy) is 1. The van der Waals surface area contributed by atoms with Gasteiger partial charge in [-0.2, -0.15) is 0 Å². The molecule has 2 N–H and O–H groups in total. The molecular weight excluding hydrogens is 270 g/mol. The lowest BCUT2D eigenvalue weighted by Crippen LogP contribution is -2.31. The van der Waals surface area contributed by atoms with Crippen LogP contribution in [0.5, 0.6) is 0 Å². The fraction of sp³-hybridized carbons (Fsp3) is 1.00. The lowest BCUT2D eigenvalue weighted by atomic mass is 9.97. The molecular formula is C20H41NO. The second kappa shape index (κ2) is 11.5. The van der Waals surface area contributed by atoms with E-state index in [1.165, 1.54) is 83.5 Å². The van der Waals surface area contributed by atoms with Crippen molar-refractivity contribution >= 4 is 0 Å². The van der Waals surface area contributed by atoms with E-state index in [-0.39, 0.29) is 5.54 Å². The van der Waals surface area contributed by atoms with Gasteiger partial charge in [0.05, 0.1) is 12.2 Å². The van der Waals surface area contributed by atoms with Crippen LogP contribution in [-0.2, 0) is 4.74 Å². The molecule has 1 aliphatic heterocycles. The lowest BCUT2D eigenvalue weighted by Gasteiger charge is -2.17. The highest BCUT2D eigenvalue weighted by Crippen LogP contribution is 2.31. The Bertz CT molecular complexity index is 259. The van der Waals surface area contributed by atoms with E-state index < -0.39 is 0 Å². The van der Waals surface area contributed by atoms with Crippen molar-refractivity contribution in [2.75, 3.05) is 0 Å². The molecule has 1 heterocycles. The van der Waals surface area contributed by atoms with Crippen molar-refractivity contribution in [1.29, 1.82) is 0 Å². The first kappa shape index (κ1) is 20.0. The third-order valence-electron chi connectivity index (χ3n) is 4.84. The van der Waals surface area contributed by atoms with Gasteiger partial charge in [-0.05, 0) is 33.1 Å². The quantitative estimate of drug-likeness (QED) is 0.299. The summed E-state index contributed by atoms with van der Waals surface area (Å²) in [6, 6.07) is 0. The molecule has 0 saturated carbocycles. The summed E-state index contributed by atoms with van der Waals surface area (Å²) in [6.07, 6.45) is 20.1. The Morgan fingerprint density at radius 1 is 0.727 bits per heavy atom. The average molecular weight is 312 g/mol. The van der Waals surface area contributed by atoms with Gasteiger partial charge in [0, 0.05) is 5.54 Å². The molecule has 0 radical (unpaired) electrons. The number of unbranched alkanes of at least 4 members (excludes halogenated alkanes) is 9. The maximum absolute atomic E-state index is 6.00. The van der Waals surface area contributed by atoms with Gasteiger partial charge in [-0.3, -0.25) is 0 Å². The number of rotatable bonds is 15. The summed E-state index contributed by atoms with van der Waals surface area (Å²) in [6.45, 7) is 6.53. The second-order valence-electron chi connectivity index (χ2n) is 8.06. The van der Waals surface area contributed by atoms with Crippen molar-refractivity contribution in [3.63, 3.8) is 0 Å². The van der Waals surface area contributed by atoms with Crippen LogP contribution in [0, 0.1) is 0 Å². The molecule has 1 aliphatic rings. The van der Waals surface area contributed by atoms with Gasteiger partial charge in [0.1, 0.15) is 0 Å². The van der Waals surface area contributed by atoms with Crippen LogP contribution in [0.3, 0.4) is 0 Å². The monoisotopic (exact) mass is 311 g/mol. The molecule has 0 bridgehead atoms. The van der Waals surface area contributed by atoms with Gasteiger partial charge in [0.2, 0.25) is 0 Å². The first-order chi connectivity index (χ1) is 10.5. The third kappa shape index (κ3) is 11.5. The number of epoxide rings is 1. The van der Waals surface area contributed by atoms with Crippen molar-refractivity contribution in [3.8, 4) is 0 Å². The summed E-state index contributed by atoms with van der Waals surface area (Å²) >= 11 is 0.